The van der Waals surface area contributed by atoms with Gasteiger partial charge in [-0.2, -0.15) is 0 Å². The van der Waals surface area contributed by atoms with Crippen molar-refractivity contribution in [3.63, 3.8) is 0 Å². The van der Waals surface area contributed by atoms with E-state index in [2.05, 4.69) is 15.8 Å². The molecule has 0 aromatic carbocycles. The smallest absolute Gasteiger partial charge is 0.273 e. The fourth-order valence-electron chi connectivity index (χ4n) is 2.15. The van der Waals surface area contributed by atoms with Crippen LogP contribution < -0.4 is 10.9 Å². The van der Waals surface area contributed by atoms with Gasteiger partial charge < -0.3 is 0 Å². The monoisotopic (exact) mass is 247 g/mol. The van der Waals surface area contributed by atoms with E-state index in [0.717, 1.165) is 25.7 Å². The third-order valence-corrected chi connectivity index (χ3v) is 3.17. The van der Waals surface area contributed by atoms with E-state index < -0.39 is 0 Å². The highest BCUT2D eigenvalue weighted by molar-refractivity contribution is 5.93. The third-order valence-electron chi connectivity index (χ3n) is 3.17. The number of aromatic nitrogens is 1. The molecule has 1 aromatic heterocycles. The first-order chi connectivity index (χ1) is 8.77. The Hall–Kier alpha value is -1.91. The summed E-state index contributed by atoms with van der Waals surface area (Å²) in [6.07, 6.45) is 6.73. The predicted octanol–water partition coefficient (Wildman–Crippen LogP) is 1.42. The van der Waals surface area contributed by atoms with Crippen LogP contribution in [0.3, 0.4) is 0 Å². The lowest BCUT2D eigenvalue weighted by Gasteiger charge is -2.20. The van der Waals surface area contributed by atoms with Crippen LogP contribution in [-0.2, 0) is 4.79 Å². The fourth-order valence-corrected chi connectivity index (χ4v) is 2.15. The van der Waals surface area contributed by atoms with Crippen molar-refractivity contribution in [2.75, 3.05) is 0 Å². The second-order valence-electron chi connectivity index (χ2n) is 4.49. The molecule has 2 N–H and O–H groups in total. The van der Waals surface area contributed by atoms with Crippen molar-refractivity contribution in [2.24, 2.45) is 5.92 Å². The SMILES string of the molecule is O=C(NNC(=O)C1CCCCC1)c1ccccn1. The average molecular weight is 247 g/mol. The topological polar surface area (TPSA) is 71.1 Å². The molecule has 1 fully saturated rings. The maximum atomic E-state index is 11.8. The van der Waals surface area contributed by atoms with E-state index in [9.17, 15) is 9.59 Å². The molecule has 0 spiro atoms. The quantitative estimate of drug-likeness (QED) is 0.776. The Bertz CT molecular complexity index is 414. The Kier molecular flexibility index (Phi) is 4.28. The molecule has 0 unspecified atom stereocenters. The number of rotatable bonds is 2. The van der Waals surface area contributed by atoms with Gasteiger partial charge in [0.2, 0.25) is 5.91 Å². The van der Waals surface area contributed by atoms with Crippen LogP contribution in [0.1, 0.15) is 42.6 Å². The van der Waals surface area contributed by atoms with E-state index in [1.54, 1.807) is 18.2 Å². The van der Waals surface area contributed by atoms with Crippen LogP contribution in [0.25, 0.3) is 0 Å². The lowest BCUT2D eigenvalue weighted by molar-refractivity contribution is -0.126. The molecule has 1 aromatic rings. The van der Waals surface area contributed by atoms with E-state index in [4.69, 9.17) is 0 Å². The Balaban J connectivity index is 1.80. The van der Waals surface area contributed by atoms with Gasteiger partial charge in [-0.15, -0.1) is 0 Å². The van der Waals surface area contributed by atoms with Gasteiger partial charge in [-0.1, -0.05) is 25.3 Å². The van der Waals surface area contributed by atoms with Crippen LogP contribution in [0.4, 0.5) is 0 Å². The number of nitrogens with zero attached hydrogens (tertiary/aromatic N) is 1. The third kappa shape index (κ3) is 3.29. The number of carbonyl (C=O) groups is 2. The van der Waals surface area contributed by atoms with Crippen molar-refractivity contribution >= 4 is 11.8 Å². The van der Waals surface area contributed by atoms with Gasteiger partial charge in [-0.3, -0.25) is 25.4 Å². The Labute approximate surface area is 106 Å². The second kappa shape index (κ2) is 6.14. The molecule has 0 radical (unpaired) electrons. The summed E-state index contributed by atoms with van der Waals surface area (Å²) in [4.78, 5) is 27.3. The highest BCUT2D eigenvalue weighted by Crippen LogP contribution is 2.23. The van der Waals surface area contributed by atoms with Crippen molar-refractivity contribution in [2.45, 2.75) is 32.1 Å². The molecule has 1 saturated carbocycles. The summed E-state index contributed by atoms with van der Waals surface area (Å²) in [5.74, 6) is -0.457. The Morgan fingerprint density at radius 3 is 2.56 bits per heavy atom. The molecule has 0 aliphatic heterocycles. The molecule has 2 rings (SSSR count). The molecule has 2 amide bonds. The van der Waals surface area contributed by atoms with Crippen LogP contribution >= 0.6 is 0 Å². The zero-order valence-corrected chi connectivity index (χ0v) is 10.2. The van der Waals surface area contributed by atoms with Gasteiger partial charge in [0.25, 0.3) is 5.91 Å². The number of amides is 2. The van der Waals surface area contributed by atoms with E-state index in [-0.39, 0.29) is 17.7 Å². The number of nitrogens with one attached hydrogen (secondary N) is 2. The zero-order chi connectivity index (χ0) is 12.8. The molecular weight excluding hydrogens is 230 g/mol. The van der Waals surface area contributed by atoms with Gasteiger partial charge in [0, 0.05) is 12.1 Å². The first-order valence-electron chi connectivity index (χ1n) is 6.28. The number of hydrazine groups is 1. The summed E-state index contributed by atoms with van der Waals surface area (Å²) in [7, 11) is 0. The van der Waals surface area contributed by atoms with Crippen molar-refractivity contribution in [1.29, 1.82) is 0 Å². The van der Waals surface area contributed by atoms with Crippen molar-refractivity contribution < 1.29 is 9.59 Å². The van der Waals surface area contributed by atoms with E-state index >= 15 is 0 Å². The summed E-state index contributed by atoms with van der Waals surface area (Å²) in [6.45, 7) is 0. The molecule has 18 heavy (non-hydrogen) atoms. The molecule has 1 aliphatic carbocycles. The maximum Gasteiger partial charge on any atom is 0.288 e. The summed E-state index contributed by atoms with van der Waals surface area (Å²) >= 11 is 0. The van der Waals surface area contributed by atoms with Crippen molar-refractivity contribution in [3.05, 3.63) is 30.1 Å². The second-order valence-corrected chi connectivity index (χ2v) is 4.49. The number of pyridine rings is 1. The first-order valence-corrected chi connectivity index (χ1v) is 6.28. The van der Waals surface area contributed by atoms with Gasteiger partial charge in [-0.25, -0.2) is 0 Å². The minimum atomic E-state index is -0.389. The largest absolute Gasteiger partial charge is 0.288 e. The maximum absolute atomic E-state index is 11.8. The zero-order valence-electron chi connectivity index (χ0n) is 10.2. The first kappa shape index (κ1) is 12.5. The van der Waals surface area contributed by atoms with Crippen LogP contribution in [-0.4, -0.2) is 16.8 Å². The van der Waals surface area contributed by atoms with Crippen LogP contribution in [0.2, 0.25) is 0 Å². The lowest BCUT2D eigenvalue weighted by Crippen LogP contribution is -2.45. The van der Waals surface area contributed by atoms with Gasteiger partial charge in [0.1, 0.15) is 5.69 Å². The minimum Gasteiger partial charge on any atom is -0.273 e. The molecule has 0 saturated heterocycles. The summed E-state index contributed by atoms with van der Waals surface area (Å²) in [5.41, 5.74) is 5.16. The van der Waals surface area contributed by atoms with Crippen LogP contribution in [0.5, 0.6) is 0 Å². The lowest BCUT2D eigenvalue weighted by atomic mass is 9.89. The molecule has 1 aliphatic rings. The van der Waals surface area contributed by atoms with Gasteiger partial charge in [-0.05, 0) is 25.0 Å². The Morgan fingerprint density at radius 1 is 1.11 bits per heavy atom. The van der Waals surface area contributed by atoms with Crippen molar-refractivity contribution in [3.8, 4) is 0 Å². The van der Waals surface area contributed by atoms with Gasteiger partial charge in [0.05, 0.1) is 0 Å². The van der Waals surface area contributed by atoms with Crippen LogP contribution in [0.15, 0.2) is 24.4 Å². The summed E-state index contributed by atoms with van der Waals surface area (Å²) in [5, 5.41) is 0. The number of hydrogen-bond donors (Lipinski definition) is 2. The average Bonchev–Trinajstić information content (AvgIpc) is 2.46. The summed E-state index contributed by atoms with van der Waals surface area (Å²) in [6, 6.07) is 5.06. The molecule has 5 nitrogen and oxygen atoms in total. The highest BCUT2D eigenvalue weighted by atomic mass is 16.2. The van der Waals surface area contributed by atoms with E-state index in [0.29, 0.717) is 5.69 Å². The van der Waals surface area contributed by atoms with Crippen LogP contribution in [0, 0.1) is 5.92 Å². The molecule has 96 valence electrons. The van der Waals surface area contributed by atoms with Gasteiger partial charge in [0.15, 0.2) is 0 Å². The minimum absolute atomic E-state index is 0.0304. The normalized spacial score (nSPS) is 16.0. The molecule has 0 bridgehead atoms. The number of hydrogen-bond acceptors (Lipinski definition) is 3. The molecule has 1 heterocycles. The fraction of sp³-hybridized carbons (Fsp3) is 0.462. The highest BCUT2D eigenvalue weighted by Gasteiger charge is 2.21. The van der Waals surface area contributed by atoms with Crippen molar-refractivity contribution in [1.82, 2.24) is 15.8 Å². The number of carbonyl (C=O) groups excluding carboxylic acids is 2. The Morgan fingerprint density at radius 2 is 1.89 bits per heavy atom. The standard InChI is InChI=1S/C13H17N3O2/c17-12(10-6-2-1-3-7-10)15-16-13(18)11-8-4-5-9-14-11/h4-5,8-10H,1-3,6-7H2,(H,15,17)(H,16,18). The summed E-state index contributed by atoms with van der Waals surface area (Å²) < 4.78 is 0. The van der Waals surface area contributed by atoms with E-state index in [1.165, 1.54) is 12.6 Å². The van der Waals surface area contributed by atoms with E-state index in [1.807, 2.05) is 0 Å². The molecule has 5 heteroatoms. The van der Waals surface area contributed by atoms with Gasteiger partial charge >= 0.3 is 0 Å². The molecular formula is C13H17N3O2. The molecule has 0 atom stereocenters. The predicted molar refractivity (Wildman–Crippen MR) is 66.4 cm³/mol.